The number of aromatic nitrogens is 2. The van der Waals surface area contributed by atoms with Crippen LogP contribution in [0.3, 0.4) is 0 Å². The van der Waals surface area contributed by atoms with E-state index in [2.05, 4.69) is 45.0 Å². The molecule has 0 saturated carbocycles. The number of hydrogen-bond acceptors (Lipinski definition) is 3. The molecule has 0 unspecified atom stereocenters. The molecule has 0 radical (unpaired) electrons. The summed E-state index contributed by atoms with van der Waals surface area (Å²) >= 11 is 0. The number of nitrogens with zero attached hydrogens (tertiary/aromatic N) is 3. The summed E-state index contributed by atoms with van der Waals surface area (Å²) < 4.78 is 2.09. The maximum atomic E-state index is 12.3. The molecule has 1 aromatic carbocycles. The summed E-state index contributed by atoms with van der Waals surface area (Å²) in [4.78, 5) is 19.0. The van der Waals surface area contributed by atoms with Gasteiger partial charge in [-0.25, -0.2) is 9.78 Å². The van der Waals surface area contributed by atoms with Crippen molar-refractivity contribution < 1.29 is 4.79 Å². The van der Waals surface area contributed by atoms with E-state index in [1.807, 2.05) is 24.4 Å². The minimum absolute atomic E-state index is 0.203. The Morgan fingerprint density at radius 2 is 2.00 bits per heavy atom. The predicted molar refractivity (Wildman–Crippen MR) is 101 cm³/mol. The molecule has 6 heteroatoms. The number of para-hydroxylation sites is 2. The van der Waals surface area contributed by atoms with Crippen LogP contribution in [0.2, 0.25) is 0 Å². The van der Waals surface area contributed by atoms with Crippen molar-refractivity contribution >= 4 is 17.4 Å². The number of anilines is 2. The predicted octanol–water partition coefficient (Wildman–Crippen LogP) is 3.46. The Morgan fingerprint density at radius 1 is 1.24 bits per heavy atom. The van der Waals surface area contributed by atoms with Crippen LogP contribution in [-0.4, -0.2) is 28.7 Å². The SMILES string of the molecule is CC(C)Cn1ccnc1CNC(=O)Nc1ccccc1N1CCCC1. The highest BCUT2D eigenvalue weighted by atomic mass is 16.2. The maximum absolute atomic E-state index is 12.3. The second-order valence-corrected chi connectivity index (χ2v) is 6.91. The third kappa shape index (κ3) is 4.53. The van der Waals surface area contributed by atoms with Crippen LogP contribution in [0.1, 0.15) is 32.5 Å². The summed E-state index contributed by atoms with van der Waals surface area (Å²) in [6.45, 7) is 7.74. The molecular formula is C19H27N5O. The van der Waals surface area contributed by atoms with E-state index in [1.165, 1.54) is 12.8 Å². The van der Waals surface area contributed by atoms with Crippen molar-refractivity contribution in [2.75, 3.05) is 23.3 Å². The lowest BCUT2D eigenvalue weighted by Gasteiger charge is -2.21. The molecule has 25 heavy (non-hydrogen) atoms. The Morgan fingerprint density at radius 3 is 2.76 bits per heavy atom. The highest BCUT2D eigenvalue weighted by Gasteiger charge is 2.16. The molecule has 1 fully saturated rings. The van der Waals surface area contributed by atoms with Gasteiger partial charge >= 0.3 is 6.03 Å². The van der Waals surface area contributed by atoms with Crippen LogP contribution in [0.4, 0.5) is 16.2 Å². The zero-order chi connectivity index (χ0) is 17.6. The van der Waals surface area contributed by atoms with Gasteiger partial charge in [0.2, 0.25) is 0 Å². The quantitative estimate of drug-likeness (QED) is 0.846. The van der Waals surface area contributed by atoms with Crippen LogP contribution < -0.4 is 15.5 Å². The summed E-state index contributed by atoms with van der Waals surface area (Å²) in [5.41, 5.74) is 1.95. The van der Waals surface area contributed by atoms with Gasteiger partial charge in [0.15, 0.2) is 0 Å². The minimum atomic E-state index is -0.203. The number of amides is 2. The third-order valence-corrected chi connectivity index (χ3v) is 4.37. The number of nitrogens with one attached hydrogen (secondary N) is 2. The fourth-order valence-electron chi connectivity index (χ4n) is 3.21. The first-order valence-electron chi connectivity index (χ1n) is 9.02. The molecule has 1 saturated heterocycles. The lowest BCUT2D eigenvalue weighted by atomic mass is 10.2. The van der Waals surface area contributed by atoms with E-state index in [0.717, 1.165) is 36.8 Å². The number of imidazole rings is 1. The van der Waals surface area contributed by atoms with Crippen LogP contribution in [0, 0.1) is 5.92 Å². The van der Waals surface area contributed by atoms with E-state index in [9.17, 15) is 4.79 Å². The van der Waals surface area contributed by atoms with Crippen molar-refractivity contribution in [2.45, 2.75) is 39.8 Å². The van der Waals surface area contributed by atoms with Gasteiger partial charge in [-0.05, 0) is 30.9 Å². The molecule has 2 aromatic rings. The van der Waals surface area contributed by atoms with Crippen molar-refractivity contribution in [3.63, 3.8) is 0 Å². The minimum Gasteiger partial charge on any atom is -0.370 e. The number of carbonyl (C=O) groups excluding carboxylic acids is 1. The average Bonchev–Trinajstić information content (AvgIpc) is 3.25. The van der Waals surface area contributed by atoms with Crippen LogP contribution in [-0.2, 0) is 13.1 Å². The highest BCUT2D eigenvalue weighted by Crippen LogP contribution is 2.28. The monoisotopic (exact) mass is 341 g/mol. The molecule has 6 nitrogen and oxygen atoms in total. The molecule has 2 N–H and O–H groups in total. The second-order valence-electron chi connectivity index (χ2n) is 6.91. The second kappa shape index (κ2) is 8.05. The first kappa shape index (κ1) is 17.3. The van der Waals surface area contributed by atoms with Gasteiger partial charge in [0, 0.05) is 32.0 Å². The van der Waals surface area contributed by atoms with Crippen molar-refractivity contribution in [1.82, 2.24) is 14.9 Å². The van der Waals surface area contributed by atoms with Gasteiger partial charge in [-0.1, -0.05) is 26.0 Å². The molecule has 1 aromatic heterocycles. The number of rotatable bonds is 6. The van der Waals surface area contributed by atoms with Crippen molar-refractivity contribution in [3.8, 4) is 0 Å². The summed E-state index contributed by atoms with van der Waals surface area (Å²) in [5.74, 6) is 1.41. The highest BCUT2D eigenvalue weighted by molar-refractivity contribution is 5.93. The zero-order valence-electron chi connectivity index (χ0n) is 15.0. The van der Waals surface area contributed by atoms with E-state index in [1.54, 1.807) is 6.20 Å². The average molecular weight is 341 g/mol. The summed E-state index contributed by atoms with van der Waals surface area (Å²) in [6.07, 6.45) is 6.15. The molecule has 3 rings (SSSR count). The molecule has 2 heterocycles. The molecule has 0 aliphatic carbocycles. The maximum Gasteiger partial charge on any atom is 0.319 e. The molecule has 0 bridgehead atoms. The number of hydrogen-bond donors (Lipinski definition) is 2. The summed E-state index contributed by atoms with van der Waals surface area (Å²) in [6, 6.07) is 7.78. The van der Waals surface area contributed by atoms with Gasteiger partial charge in [0.05, 0.1) is 17.9 Å². The fraction of sp³-hybridized carbons (Fsp3) is 0.474. The standard InChI is InChI=1S/C19H27N5O/c1-15(2)14-24-12-9-20-18(24)13-21-19(25)22-16-7-3-4-8-17(16)23-10-5-6-11-23/h3-4,7-9,12,15H,5-6,10-11,13-14H2,1-2H3,(H2,21,22,25). The Balaban J connectivity index is 1.59. The van der Waals surface area contributed by atoms with E-state index in [-0.39, 0.29) is 6.03 Å². The topological polar surface area (TPSA) is 62.2 Å². The molecule has 134 valence electrons. The Bertz CT molecular complexity index is 703. The molecule has 2 amide bonds. The van der Waals surface area contributed by atoms with Crippen LogP contribution in [0.25, 0.3) is 0 Å². The van der Waals surface area contributed by atoms with Crippen molar-refractivity contribution in [1.29, 1.82) is 0 Å². The van der Waals surface area contributed by atoms with Crippen molar-refractivity contribution in [2.24, 2.45) is 5.92 Å². The van der Waals surface area contributed by atoms with Crippen molar-refractivity contribution in [3.05, 3.63) is 42.5 Å². The molecular weight excluding hydrogens is 314 g/mol. The van der Waals surface area contributed by atoms with E-state index in [4.69, 9.17) is 0 Å². The first-order chi connectivity index (χ1) is 12.1. The van der Waals surface area contributed by atoms with Gasteiger partial charge in [-0.15, -0.1) is 0 Å². The van der Waals surface area contributed by atoms with E-state index in [0.29, 0.717) is 12.5 Å². The van der Waals surface area contributed by atoms with Gasteiger partial charge in [-0.3, -0.25) is 0 Å². The fourth-order valence-corrected chi connectivity index (χ4v) is 3.21. The lowest BCUT2D eigenvalue weighted by molar-refractivity contribution is 0.251. The smallest absolute Gasteiger partial charge is 0.319 e. The van der Waals surface area contributed by atoms with E-state index < -0.39 is 0 Å². The Kier molecular flexibility index (Phi) is 5.58. The van der Waals surface area contributed by atoms with Gasteiger partial charge in [0.1, 0.15) is 5.82 Å². The molecule has 1 aliphatic rings. The van der Waals surface area contributed by atoms with Crippen LogP contribution in [0.15, 0.2) is 36.7 Å². The van der Waals surface area contributed by atoms with Crippen LogP contribution in [0.5, 0.6) is 0 Å². The summed E-state index contributed by atoms with van der Waals surface area (Å²) in [5, 5.41) is 5.89. The normalized spacial score (nSPS) is 14.1. The number of benzene rings is 1. The lowest BCUT2D eigenvalue weighted by Crippen LogP contribution is -2.30. The first-order valence-corrected chi connectivity index (χ1v) is 9.02. The molecule has 0 spiro atoms. The number of carbonyl (C=O) groups is 1. The van der Waals surface area contributed by atoms with Gasteiger partial charge < -0.3 is 20.1 Å². The van der Waals surface area contributed by atoms with Gasteiger partial charge in [-0.2, -0.15) is 0 Å². The molecule has 0 atom stereocenters. The third-order valence-electron chi connectivity index (χ3n) is 4.37. The van der Waals surface area contributed by atoms with Crippen LogP contribution >= 0.6 is 0 Å². The Hall–Kier alpha value is -2.50. The Labute approximate surface area is 149 Å². The number of urea groups is 1. The zero-order valence-corrected chi connectivity index (χ0v) is 15.0. The largest absolute Gasteiger partial charge is 0.370 e. The molecule has 1 aliphatic heterocycles. The van der Waals surface area contributed by atoms with Gasteiger partial charge in [0.25, 0.3) is 0 Å². The van der Waals surface area contributed by atoms with E-state index >= 15 is 0 Å². The summed E-state index contributed by atoms with van der Waals surface area (Å²) in [7, 11) is 0.